The summed E-state index contributed by atoms with van der Waals surface area (Å²) in [5, 5.41) is 16.9. The van der Waals surface area contributed by atoms with E-state index < -0.39 is 6.10 Å². The van der Waals surface area contributed by atoms with Gasteiger partial charge in [-0.05, 0) is 37.5 Å². The zero-order valence-corrected chi connectivity index (χ0v) is 14.4. The van der Waals surface area contributed by atoms with E-state index in [1.54, 1.807) is 11.0 Å². The van der Waals surface area contributed by atoms with Crippen molar-refractivity contribution in [1.82, 2.24) is 15.0 Å². The van der Waals surface area contributed by atoms with Crippen LogP contribution < -0.4 is 5.32 Å². The fraction of sp³-hybridized carbons (Fsp3) is 0.500. The summed E-state index contributed by atoms with van der Waals surface area (Å²) in [5.41, 5.74) is 1.43. The molecule has 1 unspecified atom stereocenters. The third kappa shape index (κ3) is 4.57. The number of carbonyl (C=O) groups is 1. The van der Waals surface area contributed by atoms with Crippen molar-refractivity contribution in [2.45, 2.75) is 45.3 Å². The third-order valence-electron chi connectivity index (χ3n) is 4.22. The Morgan fingerprint density at radius 3 is 3.16 bits per heavy atom. The minimum atomic E-state index is -0.422. The summed E-state index contributed by atoms with van der Waals surface area (Å²) < 4.78 is 5.20. The Morgan fingerprint density at radius 2 is 2.36 bits per heavy atom. The van der Waals surface area contributed by atoms with Gasteiger partial charge in [0.1, 0.15) is 0 Å². The molecule has 25 heavy (non-hydrogen) atoms. The van der Waals surface area contributed by atoms with Crippen LogP contribution in [0.1, 0.15) is 48.3 Å². The molecule has 2 heterocycles. The number of rotatable bonds is 6. The number of hydrogen-bond donors (Lipinski definition) is 2. The third-order valence-corrected chi connectivity index (χ3v) is 4.22. The number of aliphatic hydroxyl groups excluding tert-OH is 1. The molecule has 0 spiro atoms. The molecule has 1 fully saturated rings. The number of piperidine rings is 1. The molecular formula is C18H24N4O3. The summed E-state index contributed by atoms with van der Waals surface area (Å²) in [6, 6.07) is 7.34. The number of nitrogens with one attached hydrogen (secondary N) is 1. The average molecular weight is 344 g/mol. The van der Waals surface area contributed by atoms with Gasteiger partial charge in [-0.1, -0.05) is 18.1 Å². The minimum absolute atomic E-state index is 0.0505. The number of likely N-dealkylation sites (tertiary alicyclic amines) is 1. The normalized spacial score (nSPS) is 17.5. The van der Waals surface area contributed by atoms with Gasteiger partial charge in [0.2, 0.25) is 5.89 Å². The Morgan fingerprint density at radius 1 is 1.48 bits per heavy atom. The van der Waals surface area contributed by atoms with E-state index in [0.717, 1.165) is 31.4 Å². The predicted molar refractivity (Wildman–Crippen MR) is 93.2 cm³/mol. The minimum Gasteiger partial charge on any atom is -0.391 e. The zero-order valence-electron chi connectivity index (χ0n) is 14.4. The number of nitrogens with zero attached hydrogens (tertiary/aromatic N) is 3. The predicted octanol–water partition coefficient (Wildman–Crippen LogP) is 2.23. The highest BCUT2D eigenvalue weighted by Crippen LogP contribution is 2.17. The van der Waals surface area contributed by atoms with Gasteiger partial charge in [-0.25, -0.2) is 0 Å². The number of aromatic nitrogens is 2. The van der Waals surface area contributed by atoms with Gasteiger partial charge >= 0.3 is 0 Å². The second-order valence-electron chi connectivity index (χ2n) is 6.34. The average Bonchev–Trinajstić information content (AvgIpc) is 3.07. The number of anilines is 1. The van der Waals surface area contributed by atoms with Crippen LogP contribution in [-0.4, -0.2) is 45.2 Å². The van der Waals surface area contributed by atoms with E-state index in [9.17, 15) is 9.90 Å². The molecular weight excluding hydrogens is 320 g/mol. The van der Waals surface area contributed by atoms with E-state index in [1.807, 2.05) is 18.2 Å². The molecule has 134 valence electrons. The number of amides is 1. The van der Waals surface area contributed by atoms with Crippen molar-refractivity contribution < 1.29 is 14.4 Å². The van der Waals surface area contributed by atoms with Crippen molar-refractivity contribution in [1.29, 1.82) is 0 Å². The van der Waals surface area contributed by atoms with E-state index in [4.69, 9.17) is 4.52 Å². The van der Waals surface area contributed by atoms with Crippen LogP contribution in [0.3, 0.4) is 0 Å². The van der Waals surface area contributed by atoms with Crippen LogP contribution in [0, 0.1) is 0 Å². The van der Waals surface area contributed by atoms with Gasteiger partial charge < -0.3 is 19.8 Å². The van der Waals surface area contributed by atoms with Crippen LogP contribution in [0.4, 0.5) is 5.69 Å². The lowest BCUT2D eigenvalue weighted by Gasteiger charge is -2.30. The summed E-state index contributed by atoms with van der Waals surface area (Å²) in [6.07, 6.45) is 2.95. The molecule has 1 aromatic heterocycles. The molecule has 2 aromatic rings. The first-order valence-electron chi connectivity index (χ1n) is 8.78. The summed E-state index contributed by atoms with van der Waals surface area (Å²) in [5.74, 6) is 1.19. The number of carbonyl (C=O) groups excluding carboxylic acids is 1. The molecule has 0 saturated carbocycles. The lowest BCUT2D eigenvalue weighted by atomic mass is 10.1. The van der Waals surface area contributed by atoms with Crippen molar-refractivity contribution >= 4 is 11.6 Å². The molecule has 3 rings (SSSR count). The highest BCUT2D eigenvalue weighted by molar-refractivity contribution is 5.95. The second-order valence-corrected chi connectivity index (χ2v) is 6.34. The zero-order chi connectivity index (χ0) is 17.6. The van der Waals surface area contributed by atoms with E-state index in [0.29, 0.717) is 36.9 Å². The van der Waals surface area contributed by atoms with Gasteiger partial charge in [-0.2, -0.15) is 4.98 Å². The monoisotopic (exact) mass is 344 g/mol. The van der Waals surface area contributed by atoms with Gasteiger partial charge in [-0.15, -0.1) is 0 Å². The number of benzene rings is 1. The van der Waals surface area contributed by atoms with Gasteiger partial charge in [0.15, 0.2) is 5.82 Å². The lowest BCUT2D eigenvalue weighted by Crippen LogP contribution is -2.42. The standard InChI is InChI=1S/C18H24N4O3/c1-2-5-16-20-17(25-21-16)11-19-14-7-3-6-13(10-14)18(24)22-9-4-8-15(23)12-22/h3,6-7,10,15,19,23H,2,4-5,8-9,11-12H2,1H3. The van der Waals surface area contributed by atoms with Crippen molar-refractivity contribution in [3.05, 3.63) is 41.5 Å². The Kier molecular flexibility index (Phi) is 5.65. The van der Waals surface area contributed by atoms with Crippen molar-refractivity contribution in [2.75, 3.05) is 18.4 Å². The Bertz CT molecular complexity index is 716. The van der Waals surface area contributed by atoms with Crippen LogP contribution in [0.25, 0.3) is 0 Å². The van der Waals surface area contributed by atoms with Gasteiger partial charge in [0.05, 0.1) is 12.6 Å². The molecule has 1 atom stereocenters. The van der Waals surface area contributed by atoms with Crippen LogP contribution in [0.5, 0.6) is 0 Å². The Hall–Kier alpha value is -2.41. The Labute approximate surface area is 147 Å². The number of aryl methyl sites for hydroxylation is 1. The molecule has 0 aliphatic carbocycles. The van der Waals surface area contributed by atoms with Crippen LogP contribution in [0.2, 0.25) is 0 Å². The molecule has 1 amide bonds. The first-order chi connectivity index (χ1) is 12.2. The molecule has 1 aliphatic rings. The molecule has 7 nitrogen and oxygen atoms in total. The molecule has 0 radical (unpaired) electrons. The van der Waals surface area contributed by atoms with E-state index in [-0.39, 0.29) is 5.91 Å². The van der Waals surface area contributed by atoms with Crippen LogP contribution >= 0.6 is 0 Å². The summed E-state index contributed by atoms with van der Waals surface area (Å²) in [4.78, 5) is 18.6. The molecule has 2 N–H and O–H groups in total. The number of hydrogen-bond acceptors (Lipinski definition) is 6. The van der Waals surface area contributed by atoms with E-state index in [1.165, 1.54) is 0 Å². The maximum Gasteiger partial charge on any atom is 0.254 e. The Balaban J connectivity index is 1.61. The first-order valence-corrected chi connectivity index (χ1v) is 8.78. The summed E-state index contributed by atoms with van der Waals surface area (Å²) in [7, 11) is 0. The maximum absolute atomic E-state index is 12.6. The van der Waals surface area contributed by atoms with E-state index >= 15 is 0 Å². The SMILES string of the molecule is CCCc1noc(CNc2cccc(C(=O)N3CCCC(O)C3)c2)n1. The molecule has 0 bridgehead atoms. The van der Waals surface area contributed by atoms with Crippen LogP contribution in [0.15, 0.2) is 28.8 Å². The molecule has 1 aromatic carbocycles. The smallest absolute Gasteiger partial charge is 0.254 e. The summed E-state index contributed by atoms with van der Waals surface area (Å²) >= 11 is 0. The van der Waals surface area contributed by atoms with Crippen molar-refractivity contribution in [2.24, 2.45) is 0 Å². The largest absolute Gasteiger partial charge is 0.391 e. The van der Waals surface area contributed by atoms with Gasteiger partial charge in [-0.3, -0.25) is 4.79 Å². The number of β-amino-alcohol motifs (C(OH)–C–C–N with tert-alkyl or cyclic N) is 1. The fourth-order valence-electron chi connectivity index (χ4n) is 2.95. The first kappa shape index (κ1) is 17.4. The molecule has 1 saturated heterocycles. The second kappa shape index (κ2) is 8.11. The van der Waals surface area contributed by atoms with Crippen molar-refractivity contribution in [3.8, 4) is 0 Å². The van der Waals surface area contributed by atoms with Gasteiger partial charge in [0, 0.05) is 30.8 Å². The van der Waals surface area contributed by atoms with Crippen LogP contribution in [-0.2, 0) is 13.0 Å². The topological polar surface area (TPSA) is 91.5 Å². The molecule has 7 heteroatoms. The van der Waals surface area contributed by atoms with Gasteiger partial charge in [0.25, 0.3) is 5.91 Å². The lowest BCUT2D eigenvalue weighted by molar-refractivity contribution is 0.0474. The fourth-order valence-corrected chi connectivity index (χ4v) is 2.95. The highest BCUT2D eigenvalue weighted by Gasteiger charge is 2.23. The summed E-state index contributed by atoms with van der Waals surface area (Å²) in [6.45, 7) is 3.57. The molecule has 1 aliphatic heterocycles. The quantitative estimate of drug-likeness (QED) is 0.835. The maximum atomic E-state index is 12.6. The highest BCUT2D eigenvalue weighted by atomic mass is 16.5. The number of aliphatic hydroxyl groups is 1. The van der Waals surface area contributed by atoms with Crippen molar-refractivity contribution in [3.63, 3.8) is 0 Å². The van der Waals surface area contributed by atoms with E-state index in [2.05, 4.69) is 22.4 Å².